The van der Waals surface area contributed by atoms with Gasteiger partial charge in [0.15, 0.2) is 0 Å². The van der Waals surface area contributed by atoms with E-state index in [1.165, 1.54) is 44.6 Å². The predicted octanol–water partition coefficient (Wildman–Crippen LogP) is 4.67. The SMILES string of the molecule is Clc1cncnc1Oc1ccc(NC2CCCCC2)cc1. The molecule has 0 amide bonds. The summed E-state index contributed by atoms with van der Waals surface area (Å²) in [5, 5.41) is 3.98. The Morgan fingerprint density at radius 3 is 2.57 bits per heavy atom. The zero-order valence-corrected chi connectivity index (χ0v) is 12.5. The summed E-state index contributed by atoms with van der Waals surface area (Å²) in [6.07, 6.45) is 9.47. The zero-order valence-electron chi connectivity index (χ0n) is 11.8. The molecule has 1 N–H and O–H groups in total. The van der Waals surface area contributed by atoms with Gasteiger partial charge in [-0.15, -0.1) is 0 Å². The highest BCUT2D eigenvalue weighted by molar-refractivity contribution is 6.31. The third-order valence-corrected chi connectivity index (χ3v) is 3.94. The lowest BCUT2D eigenvalue weighted by Gasteiger charge is -2.23. The number of benzene rings is 1. The highest BCUT2D eigenvalue weighted by Crippen LogP contribution is 2.27. The van der Waals surface area contributed by atoms with Crippen molar-refractivity contribution in [3.8, 4) is 11.6 Å². The molecule has 1 aliphatic carbocycles. The Morgan fingerprint density at radius 2 is 1.86 bits per heavy atom. The number of nitrogens with zero attached hydrogens (tertiary/aromatic N) is 2. The number of hydrogen-bond donors (Lipinski definition) is 1. The van der Waals surface area contributed by atoms with E-state index < -0.39 is 0 Å². The van der Waals surface area contributed by atoms with E-state index in [9.17, 15) is 0 Å². The number of aromatic nitrogens is 2. The average Bonchev–Trinajstić information content (AvgIpc) is 2.52. The minimum Gasteiger partial charge on any atom is -0.437 e. The van der Waals surface area contributed by atoms with E-state index in [-0.39, 0.29) is 0 Å². The third kappa shape index (κ3) is 3.85. The minimum atomic E-state index is 0.375. The summed E-state index contributed by atoms with van der Waals surface area (Å²) in [7, 11) is 0. The third-order valence-electron chi connectivity index (χ3n) is 3.68. The maximum absolute atomic E-state index is 5.97. The molecule has 110 valence electrons. The van der Waals surface area contributed by atoms with E-state index in [2.05, 4.69) is 15.3 Å². The Bertz CT molecular complexity index is 582. The molecule has 0 aliphatic heterocycles. The number of nitrogens with one attached hydrogen (secondary N) is 1. The fraction of sp³-hybridized carbons (Fsp3) is 0.375. The summed E-state index contributed by atoms with van der Waals surface area (Å²) in [4.78, 5) is 7.84. The number of anilines is 1. The molecule has 3 rings (SSSR count). The highest BCUT2D eigenvalue weighted by atomic mass is 35.5. The maximum Gasteiger partial charge on any atom is 0.241 e. The summed E-state index contributed by atoms with van der Waals surface area (Å²) in [5.74, 6) is 1.09. The molecular weight excluding hydrogens is 286 g/mol. The summed E-state index contributed by atoms with van der Waals surface area (Å²) < 4.78 is 5.64. The van der Waals surface area contributed by atoms with Crippen LogP contribution >= 0.6 is 11.6 Å². The first-order chi connectivity index (χ1) is 10.3. The van der Waals surface area contributed by atoms with Gasteiger partial charge in [0.2, 0.25) is 5.88 Å². The van der Waals surface area contributed by atoms with Crippen LogP contribution in [-0.2, 0) is 0 Å². The molecule has 1 saturated carbocycles. The van der Waals surface area contributed by atoms with Crippen molar-refractivity contribution in [1.29, 1.82) is 0 Å². The Morgan fingerprint density at radius 1 is 1.10 bits per heavy atom. The summed E-state index contributed by atoms with van der Waals surface area (Å²) >= 11 is 5.97. The van der Waals surface area contributed by atoms with E-state index in [1.807, 2.05) is 24.3 Å². The van der Waals surface area contributed by atoms with Gasteiger partial charge < -0.3 is 10.1 Å². The fourth-order valence-corrected chi connectivity index (χ4v) is 2.73. The molecule has 1 aromatic heterocycles. The van der Waals surface area contributed by atoms with Gasteiger partial charge in [0.05, 0.1) is 6.20 Å². The molecular formula is C16H18ClN3O. The second kappa shape index (κ2) is 6.76. The Kier molecular flexibility index (Phi) is 4.55. The number of rotatable bonds is 4. The van der Waals surface area contributed by atoms with Gasteiger partial charge in [-0.05, 0) is 37.1 Å². The summed E-state index contributed by atoms with van der Waals surface area (Å²) in [6.45, 7) is 0. The van der Waals surface area contributed by atoms with Crippen LogP contribution in [0.15, 0.2) is 36.8 Å². The monoisotopic (exact) mass is 303 g/mol. The second-order valence-corrected chi connectivity index (χ2v) is 5.69. The maximum atomic E-state index is 5.97. The van der Waals surface area contributed by atoms with Crippen LogP contribution in [-0.4, -0.2) is 16.0 Å². The van der Waals surface area contributed by atoms with Crippen LogP contribution in [0.1, 0.15) is 32.1 Å². The molecule has 0 saturated heterocycles. The van der Waals surface area contributed by atoms with Crippen LogP contribution in [0, 0.1) is 0 Å². The van der Waals surface area contributed by atoms with E-state index in [0.29, 0.717) is 22.7 Å². The Labute approximate surface area is 129 Å². The first-order valence-corrected chi connectivity index (χ1v) is 7.69. The Hall–Kier alpha value is -1.81. The van der Waals surface area contributed by atoms with Gasteiger partial charge in [-0.1, -0.05) is 30.9 Å². The molecule has 0 radical (unpaired) electrons. The lowest BCUT2D eigenvalue weighted by molar-refractivity contribution is 0.459. The van der Waals surface area contributed by atoms with Crippen LogP contribution in [0.2, 0.25) is 5.02 Å². The normalized spacial score (nSPS) is 15.7. The number of hydrogen-bond acceptors (Lipinski definition) is 4. The van der Waals surface area contributed by atoms with Crippen molar-refractivity contribution in [3.05, 3.63) is 41.8 Å². The van der Waals surface area contributed by atoms with Gasteiger partial charge in [0.25, 0.3) is 0 Å². The first kappa shape index (κ1) is 14.1. The largest absolute Gasteiger partial charge is 0.437 e. The smallest absolute Gasteiger partial charge is 0.241 e. The van der Waals surface area contributed by atoms with E-state index in [4.69, 9.17) is 16.3 Å². The van der Waals surface area contributed by atoms with Crippen molar-refractivity contribution in [1.82, 2.24) is 9.97 Å². The van der Waals surface area contributed by atoms with Crippen LogP contribution in [0.25, 0.3) is 0 Å². The quantitative estimate of drug-likeness (QED) is 0.892. The highest BCUT2D eigenvalue weighted by Gasteiger charge is 2.12. The van der Waals surface area contributed by atoms with E-state index >= 15 is 0 Å². The van der Waals surface area contributed by atoms with Crippen molar-refractivity contribution < 1.29 is 4.74 Å². The second-order valence-electron chi connectivity index (χ2n) is 5.28. The predicted molar refractivity (Wildman–Crippen MR) is 84.1 cm³/mol. The van der Waals surface area contributed by atoms with Crippen LogP contribution in [0.4, 0.5) is 5.69 Å². The number of halogens is 1. The van der Waals surface area contributed by atoms with Crippen molar-refractivity contribution in [2.75, 3.05) is 5.32 Å². The van der Waals surface area contributed by atoms with Crippen molar-refractivity contribution in [2.45, 2.75) is 38.1 Å². The van der Waals surface area contributed by atoms with Crippen molar-refractivity contribution in [2.24, 2.45) is 0 Å². The topological polar surface area (TPSA) is 47.0 Å². The molecule has 4 nitrogen and oxygen atoms in total. The first-order valence-electron chi connectivity index (χ1n) is 7.31. The van der Waals surface area contributed by atoms with Gasteiger partial charge in [-0.25, -0.2) is 9.97 Å². The minimum absolute atomic E-state index is 0.375. The molecule has 0 unspecified atom stereocenters. The molecule has 1 fully saturated rings. The molecule has 5 heteroatoms. The molecule has 1 aromatic carbocycles. The van der Waals surface area contributed by atoms with Gasteiger partial charge in [0.1, 0.15) is 17.1 Å². The summed E-state index contributed by atoms with van der Waals surface area (Å²) in [6, 6.07) is 8.49. The fourth-order valence-electron chi connectivity index (χ4n) is 2.59. The van der Waals surface area contributed by atoms with Crippen molar-refractivity contribution >= 4 is 17.3 Å². The van der Waals surface area contributed by atoms with Gasteiger partial charge >= 0.3 is 0 Å². The van der Waals surface area contributed by atoms with Crippen LogP contribution in [0.5, 0.6) is 11.6 Å². The molecule has 0 atom stereocenters. The van der Waals surface area contributed by atoms with E-state index in [1.54, 1.807) is 0 Å². The lowest BCUT2D eigenvalue weighted by Crippen LogP contribution is -2.22. The molecule has 21 heavy (non-hydrogen) atoms. The standard InChI is InChI=1S/C16H18ClN3O/c17-15-10-18-11-19-16(15)21-14-8-6-13(7-9-14)20-12-4-2-1-3-5-12/h6-12,20H,1-5H2. The molecule has 1 heterocycles. The molecule has 2 aromatic rings. The van der Waals surface area contributed by atoms with Crippen LogP contribution < -0.4 is 10.1 Å². The number of ether oxygens (including phenoxy) is 1. The van der Waals surface area contributed by atoms with E-state index in [0.717, 1.165) is 5.69 Å². The molecule has 1 aliphatic rings. The zero-order chi connectivity index (χ0) is 14.5. The van der Waals surface area contributed by atoms with Crippen molar-refractivity contribution in [3.63, 3.8) is 0 Å². The molecule has 0 bridgehead atoms. The van der Waals surface area contributed by atoms with Gasteiger partial charge in [-0.3, -0.25) is 0 Å². The van der Waals surface area contributed by atoms with Crippen LogP contribution in [0.3, 0.4) is 0 Å². The molecule has 0 spiro atoms. The summed E-state index contributed by atoms with van der Waals surface area (Å²) in [5.41, 5.74) is 1.13. The van der Waals surface area contributed by atoms with Gasteiger partial charge in [-0.2, -0.15) is 0 Å². The lowest BCUT2D eigenvalue weighted by atomic mass is 9.95. The average molecular weight is 304 g/mol. The Balaban J connectivity index is 1.62. The van der Waals surface area contributed by atoms with Gasteiger partial charge in [0, 0.05) is 11.7 Å².